The van der Waals surface area contributed by atoms with Gasteiger partial charge in [0.25, 0.3) is 0 Å². The normalized spacial score (nSPS) is 16.4. The number of nitrogens with zero attached hydrogens (tertiary/aromatic N) is 3. The third-order valence-electron chi connectivity index (χ3n) is 4.71. The van der Waals surface area contributed by atoms with Crippen molar-refractivity contribution in [2.24, 2.45) is 5.92 Å². The molecule has 0 aliphatic carbocycles. The Bertz CT molecular complexity index is 969. The highest BCUT2D eigenvalue weighted by atomic mass is 19.1. The average molecular weight is 386 g/mol. The third-order valence-corrected chi connectivity index (χ3v) is 4.71. The highest BCUT2D eigenvalue weighted by molar-refractivity contribution is 6.04. The van der Waals surface area contributed by atoms with Crippen LogP contribution in [-0.2, 0) is 9.59 Å². The number of benzene rings is 1. The summed E-state index contributed by atoms with van der Waals surface area (Å²) in [5, 5.41) is 13.8. The van der Waals surface area contributed by atoms with Gasteiger partial charge in [0.05, 0.1) is 27.9 Å². The Labute approximate surface area is 160 Å². The number of nitrogens with one attached hydrogen (secondary N) is 1. The van der Waals surface area contributed by atoms with Crippen molar-refractivity contribution in [3.05, 3.63) is 57.1 Å². The van der Waals surface area contributed by atoms with Crippen molar-refractivity contribution >= 4 is 28.9 Å². The first-order chi connectivity index (χ1) is 13.2. The van der Waals surface area contributed by atoms with Crippen molar-refractivity contribution in [1.82, 2.24) is 4.98 Å². The molecule has 1 aromatic heterocycles. The van der Waals surface area contributed by atoms with Gasteiger partial charge in [-0.1, -0.05) is 0 Å². The predicted molar refractivity (Wildman–Crippen MR) is 101 cm³/mol. The van der Waals surface area contributed by atoms with Gasteiger partial charge in [0.2, 0.25) is 17.6 Å². The molecule has 0 spiro atoms. The highest BCUT2D eigenvalue weighted by Crippen LogP contribution is 2.30. The van der Waals surface area contributed by atoms with Crippen molar-refractivity contribution in [1.29, 1.82) is 0 Å². The maximum Gasteiger partial charge on any atom is 0.306 e. The van der Waals surface area contributed by atoms with Gasteiger partial charge in [0.15, 0.2) is 0 Å². The quantitative estimate of drug-likeness (QED) is 0.642. The number of rotatable bonds is 4. The number of halogens is 1. The maximum absolute atomic E-state index is 13.5. The van der Waals surface area contributed by atoms with E-state index in [1.807, 2.05) is 19.9 Å². The van der Waals surface area contributed by atoms with Crippen LogP contribution in [0.1, 0.15) is 23.4 Å². The summed E-state index contributed by atoms with van der Waals surface area (Å²) in [6.07, 6.45) is -0.0333. The smallest absolute Gasteiger partial charge is 0.306 e. The molecule has 1 fully saturated rings. The van der Waals surface area contributed by atoms with Gasteiger partial charge in [-0.25, -0.2) is 0 Å². The number of nitro groups is 1. The van der Waals surface area contributed by atoms with E-state index in [0.29, 0.717) is 11.4 Å². The first kappa shape index (κ1) is 19.4. The first-order valence-corrected chi connectivity index (χ1v) is 8.67. The van der Waals surface area contributed by atoms with Gasteiger partial charge in [-0.05, 0) is 44.5 Å². The van der Waals surface area contributed by atoms with Crippen LogP contribution in [0.2, 0.25) is 0 Å². The number of nitro benzene ring substituents is 1. The monoisotopic (exact) mass is 386 g/mol. The molecule has 1 unspecified atom stereocenters. The van der Waals surface area contributed by atoms with Gasteiger partial charge in [-0.3, -0.25) is 24.7 Å². The Morgan fingerprint density at radius 2 is 2.04 bits per heavy atom. The lowest BCUT2D eigenvalue weighted by Crippen LogP contribution is -2.28. The number of aryl methyl sites for hydroxylation is 3. The Hall–Kier alpha value is -3.36. The minimum absolute atomic E-state index is 0.0333. The molecule has 1 aliphatic heterocycles. The minimum atomic E-state index is -0.979. The van der Waals surface area contributed by atoms with Crippen LogP contribution in [0.3, 0.4) is 0 Å². The lowest BCUT2D eigenvalue weighted by Gasteiger charge is -2.17. The summed E-state index contributed by atoms with van der Waals surface area (Å²) in [6.45, 7) is 5.58. The number of aromatic nitrogens is 1. The van der Waals surface area contributed by atoms with Crippen molar-refractivity contribution in [2.75, 3.05) is 16.8 Å². The van der Waals surface area contributed by atoms with Crippen LogP contribution in [0.4, 0.5) is 21.5 Å². The van der Waals surface area contributed by atoms with Gasteiger partial charge >= 0.3 is 5.69 Å². The molecule has 2 aromatic rings. The Morgan fingerprint density at radius 1 is 1.32 bits per heavy atom. The molecule has 28 heavy (non-hydrogen) atoms. The summed E-state index contributed by atoms with van der Waals surface area (Å²) >= 11 is 0. The number of carbonyl (C=O) groups excluding carboxylic acids is 2. The van der Waals surface area contributed by atoms with Crippen molar-refractivity contribution < 1.29 is 18.9 Å². The zero-order valence-corrected chi connectivity index (χ0v) is 15.7. The van der Waals surface area contributed by atoms with E-state index in [4.69, 9.17) is 0 Å². The van der Waals surface area contributed by atoms with E-state index >= 15 is 0 Å². The van der Waals surface area contributed by atoms with E-state index in [-0.39, 0.29) is 30.5 Å². The predicted octanol–water partition coefficient (Wildman–Crippen LogP) is 3.05. The minimum Gasteiger partial charge on any atom is -0.324 e. The second-order valence-electron chi connectivity index (χ2n) is 6.83. The van der Waals surface area contributed by atoms with E-state index in [1.54, 1.807) is 6.92 Å². The van der Waals surface area contributed by atoms with Crippen LogP contribution in [0, 0.1) is 42.6 Å². The fraction of sp³-hybridized carbons (Fsp3) is 0.316. The van der Waals surface area contributed by atoms with E-state index < -0.39 is 22.3 Å². The summed E-state index contributed by atoms with van der Waals surface area (Å²) in [6, 6.07) is 5.09. The molecular weight excluding hydrogens is 367 g/mol. The Kier molecular flexibility index (Phi) is 5.08. The summed E-state index contributed by atoms with van der Waals surface area (Å²) in [5.74, 6) is -2.29. The number of carbonyl (C=O) groups is 2. The van der Waals surface area contributed by atoms with Crippen LogP contribution in [0.25, 0.3) is 0 Å². The summed E-state index contributed by atoms with van der Waals surface area (Å²) < 4.78 is 13.5. The molecule has 146 valence electrons. The van der Waals surface area contributed by atoms with Gasteiger partial charge in [-0.2, -0.15) is 4.39 Å². The van der Waals surface area contributed by atoms with Crippen molar-refractivity contribution in [3.8, 4) is 0 Å². The molecule has 2 amide bonds. The lowest BCUT2D eigenvalue weighted by molar-refractivity contribution is -0.387. The number of hydrogen-bond donors (Lipinski definition) is 1. The molecule has 1 N–H and O–H groups in total. The number of anilines is 2. The van der Waals surface area contributed by atoms with E-state index in [2.05, 4.69) is 10.3 Å². The second-order valence-corrected chi connectivity index (χ2v) is 6.83. The van der Waals surface area contributed by atoms with Gasteiger partial charge in [0.1, 0.15) is 0 Å². The molecule has 3 rings (SSSR count). The second kappa shape index (κ2) is 7.34. The fourth-order valence-corrected chi connectivity index (χ4v) is 3.38. The van der Waals surface area contributed by atoms with Crippen molar-refractivity contribution in [2.45, 2.75) is 27.2 Å². The first-order valence-electron chi connectivity index (χ1n) is 8.67. The number of hydrogen-bond acceptors (Lipinski definition) is 5. The molecule has 1 aromatic carbocycles. The highest BCUT2D eigenvalue weighted by Gasteiger charge is 2.36. The van der Waals surface area contributed by atoms with Gasteiger partial charge in [-0.15, -0.1) is 0 Å². The van der Waals surface area contributed by atoms with Crippen LogP contribution >= 0.6 is 0 Å². The van der Waals surface area contributed by atoms with E-state index in [0.717, 1.165) is 23.4 Å². The molecule has 2 heterocycles. The zero-order chi connectivity index (χ0) is 20.6. The molecule has 0 saturated carbocycles. The zero-order valence-electron chi connectivity index (χ0n) is 15.7. The largest absolute Gasteiger partial charge is 0.324 e. The molecule has 0 radical (unpaired) electrons. The van der Waals surface area contributed by atoms with Gasteiger partial charge < -0.3 is 10.2 Å². The van der Waals surface area contributed by atoms with E-state index in [1.165, 1.54) is 11.0 Å². The summed E-state index contributed by atoms with van der Waals surface area (Å²) in [5.41, 5.74) is 2.48. The molecule has 1 saturated heterocycles. The number of amides is 2. The Balaban J connectivity index is 1.79. The molecule has 1 atom stereocenters. The molecule has 9 heteroatoms. The average Bonchev–Trinajstić information content (AvgIpc) is 3.00. The summed E-state index contributed by atoms with van der Waals surface area (Å²) in [4.78, 5) is 40.7. The number of pyridine rings is 1. The van der Waals surface area contributed by atoms with Crippen LogP contribution in [0.5, 0.6) is 0 Å². The van der Waals surface area contributed by atoms with Crippen molar-refractivity contribution in [3.63, 3.8) is 0 Å². The van der Waals surface area contributed by atoms with Crippen LogP contribution in [0.15, 0.2) is 24.3 Å². The standard InChI is InChI=1S/C19H19FN4O4/c1-10-6-11(2)21-12(3)18(10)22-19(26)13-7-17(25)23(9-13)14-4-5-15(20)16(8-14)24(27)28/h4-6,8,13H,7,9H2,1-3H3,(H,22,26). The van der Waals surface area contributed by atoms with E-state index in [9.17, 15) is 24.1 Å². The SMILES string of the molecule is Cc1cc(C)c(NC(=O)C2CC(=O)N(c3ccc(F)c([N+](=O)[O-])c3)C2)c(C)n1. The maximum atomic E-state index is 13.5. The topological polar surface area (TPSA) is 105 Å². The molecule has 1 aliphatic rings. The summed E-state index contributed by atoms with van der Waals surface area (Å²) in [7, 11) is 0. The molecular formula is C19H19FN4O4. The third kappa shape index (κ3) is 3.68. The Morgan fingerprint density at radius 3 is 2.68 bits per heavy atom. The molecule has 0 bridgehead atoms. The lowest BCUT2D eigenvalue weighted by atomic mass is 10.1. The van der Waals surface area contributed by atoms with Crippen LogP contribution in [-0.4, -0.2) is 28.3 Å². The van der Waals surface area contributed by atoms with Gasteiger partial charge in [0, 0.05) is 24.7 Å². The van der Waals surface area contributed by atoms with Crippen LogP contribution < -0.4 is 10.2 Å². The fourth-order valence-electron chi connectivity index (χ4n) is 3.38. The molecule has 8 nitrogen and oxygen atoms in total.